The molecule has 0 saturated carbocycles. The minimum atomic E-state index is -0.532. The monoisotopic (exact) mass is 369 g/mol. The lowest BCUT2D eigenvalue weighted by Gasteiger charge is -2.33. The first-order valence-corrected chi connectivity index (χ1v) is 10.1. The van der Waals surface area contributed by atoms with E-state index < -0.39 is 5.60 Å². The number of benzene rings is 2. The molecular formula is C22H27NO2S. The molecule has 1 aliphatic rings. The Morgan fingerprint density at radius 2 is 1.77 bits per heavy atom. The molecule has 138 valence electrons. The van der Waals surface area contributed by atoms with E-state index in [1.165, 1.54) is 24.8 Å². The van der Waals surface area contributed by atoms with E-state index in [-0.39, 0.29) is 6.09 Å². The number of unbranched alkanes of at least 4 members (excludes halogenated alkanes) is 2. The summed E-state index contributed by atoms with van der Waals surface area (Å²) in [5.41, 5.74) is 2.56. The summed E-state index contributed by atoms with van der Waals surface area (Å²) in [6, 6.07) is 14.5. The number of para-hydroxylation sites is 1. The van der Waals surface area contributed by atoms with Crippen LogP contribution in [0, 0.1) is 0 Å². The van der Waals surface area contributed by atoms with E-state index in [0.717, 1.165) is 27.6 Å². The fourth-order valence-electron chi connectivity index (χ4n) is 3.04. The average molecular weight is 370 g/mol. The predicted molar refractivity (Wildman–Crippen MR) is 109 cm³/mol. The quantitative estimate of drug-likeness (QED) is 0.546. The number of amides is 1. The fraction of sp³-hybridized carbons (Fsp3) is 0.409. The first kappa shape index (κ1) is 18.8. The normalized spacial score (nSPS) is 13.2. The van der Waals surface area contributed by atoms with Gasteiger partial charge in [-0.15, -0.1) is 0 Å². The number of fused-ring (bicyclic) bond motifs is 2. The van der Waals surface area contributed by atoms with Crippen molar-refractivity contribution in [2.24, 2.45) is 0 Å². The first-order chi connectivity index (χ1) is 12.4. The van der Waals surface area contributed by atoms with E-state index >= 15 is 0 Å². The molecule has 0 spiro atoms. The third-order valence-corrected chi connectivity index (χ3v) is 5.37. The lowest BCUT2D eigenvalue weighted by Crippen LogP contribution is -2.35. The van der Waals surface area contributed by atoms with Gasteiger partial charge in [0.25, 0.3) is 0 Å². The van der Waals surface area contributed by atoms with E-state index in [4.69, 9.17) is 4.74 Å². The van der Waals surface area contributed by atoms with E-state index in [1.807, 2.05) is 39.0 Å². The Morgan fingerprint density at radius 1 is 1.04 bits per heavy atom. The number of ether oxygens (including phenoxy) is 1. The van der Waals surface area contributed by atoms with Crippen molar-refractivity contribution < 1.29 is 9.53 Å². The third kappa shape index (κ3) is 4.24. The molecule has 0 saturated heterocycles. The second-order valence-corrected chi connectivity index (χ2v) is 8.73. The molecule has 0 N–H and O–H groups in total. The lowest BCUT2D eigenvalue weighted by molar-refractivity contribution is 0.0597. The summed E-state index contributed by atoms with van der Waals surface area (Å²) in [5, 5.41) is 0. The number of aryl methyl sites for hydroxylation is 1. The molecule has 0 atom stereocenters. The van der Waals surface area contributed by atoms with Gasteiger partial charge < -0.3 is 4.74 Å². The molecule has 0 radical (unpaired) electrons. The van der Waals surface area contributed by atoms with Crippen LogP contribution in [0.5, 0.6) is 0 Å². The van der Waals surface area contributed by atoms with Crippen molar-refractivity contribution in [2.45, 2.75) is 68.8 Å². The summed E-state index contributed by atoms with van der Waals surface area (Å²) in [4.78, 5) is 16.9. The fourth-order valence-corrected chi connectivity index (χ4v) is 4.08. The van der Waals surface area contributed by atoms with Crippen molar-refractivity contribution in [3.05, 3.63) is 48.0 Å². The number of anilines is 2. The van der Waals surface area contributed by atoms with Gasteiger partial charge in [0.15, 0.2) is 0 Å². The summed E-state index contributed by atoms with van der Waals surface area (Å²) in [7, 11) is 0. The molecule has 2 aromatic carbocycles. The third-order valence-electron chi connectivity index (χ3n) is 4.24. The van der Waals surface area contributed by atoms with Gasteiger partial charge in [0.1, 0.15) is 5.60 Å². The second kappa shape index (κ2) is 7.75. The molecule has 3 rings (SSSR count). The molecule has 0 fully saturated rings. The standard InChI is InChI=1S/C22H27NO2S/c1-5-6-7-10-16-13-14-20-18(15-16)23(21(24)25-22(2,3)4)17-11-8-9-12-19(17)26-20/h8-9,11-15H,5-7,10H2,1-4H3. The van der Waals surface area contributed by atoms with Crippen LogP contribution in [0.25, 0.3) is 0 Å². The molecule has 0 aliphatic carbocycles. The van der Waals surface area contributed by atoms with Gasteiger partial charge >= 0.3 is 6.09 Å². The maximum Gasteiger partial charge on any atom is 0.419 e. The van der Waals surface area contributed by atoms with Gasteiger partial charge in [-0.05, 0) is 63.4 Å². The Kier molecular flexibility index (Phi) is 5.61. The van der Waals surface area contributed by atoms with Crippen molar-refractivity contribution in [1.82, 2.24) is 0 Å². The van der Waals surface area contributed by atoms with Crippen molar-refractivity contribution in [2.75, 3.05) is 4.90 Å². The Morgan fingerprint density at radius 3 is 2.50 bits per heavy atom. The van der Waals surface area contributed by atoms with Crippen LogP contribution in [0.3, 0.4) is 0 Å². The number of carbonyl (C=O) groups is 1. The Hall–Kier alpha value is -1.94. The molecule has 4 heteroatoms. The molecule has 1 amide bonds. The summed E-state index contributed by atoms with van der Waals surface area (Å²) in [6.45, 7) is 7.91. The zero-order valence-corrected chi connectivity index (χ0v) is 16.9. The zero-order valence-electron chi connectivity index (χ0n) is 16.0. The van der Waals surface area contributed by atoms with Gasteiger partial charge in [-0.3, -0.25) is 0 Å². The van der Waals surface area contributed by atoms with Gasteiger partial charge in [-0.25, -0.2) is 9.69 Å². The molecule has 0 aromatic heterocycles. The Labute approximate surface area is 160 Å². The zero-order chi connectivity index (χ0) is 18.7. The smallest absolute Gasteiger partial charge is 0.419 e. The second-order valence-electron chi connectivity index (χ2n) is 7.64. The SMILES string of the molecule is CCCCCc1ccc2c(c1)N(C(=O)OC(C)(C)C)c1ccccc1S2. The highest BCUT2D eigenvalue weighted by Crippen LogP contribution is 2.48. The van der Waals surface area contributed by atoms with E-state index in [1.54, 1.807) is 16.7 Å². The van der Waals surface area contributed by atoms with Crippen LogP contribution in [-0.2, 0) is 11.2 Å². The van der Waals surface area contributed by atoms with Crippen LogP contribution in [0.15, 0.2) is 52.3 Å². The van der Waals surface area contributed by atoms with Gasteiger partial charge in [-0.1, -0.05) is 49.7 Å². The lowest BCUT2D eigenvalue weighted by atomic mass is 10.1. The molecule has 26 heavy (non-hydrogen) atoms. The molecule has 1 aliphatic heterocycles. The van der Waals surface area contributed by atoms with Gasteiger partial charge in [0.2, 0.25) is 0 Å². The van der Waals surface area contributed by atoms with Crippen molar-refractivity contribution in [3.63, 3.8) is 0 Å². The van der Waals surface area contributed by atoms with Crippen molar-refractivity contribution >= 4 is 29.2 Å². The van der Waals surface area contributed by atoms with Crippen LogP contribution in [0.4, 0.5) is 16.2 Å². The van der Waals surface area contributed by atoms with Crippen LogP contribution < -0.4 is 4.90 Å². The van der Waals surface area contributed by atoms with E-state index in [9.17, 15) is 4.79 Å². The Balaban J connectivity index is 1.99. The van der Waals surface area contributed by atoms with E-state index in [2.05, 4.69) is 31.2 Å². The number of carbonyl (C=O) groups excluding carboxylic acids is 1. The molecule has 2 aromatic rings. The van der Waals surface area contributed by atoms with Crippen LogP contribution in [0.2, 0.25) is 0 Å². The number of rotatable bonds is 4. The highest BCUT2D eigenvalue weighted by Gasteiger charge is 2.31. The first-order valence-electron chi connectivity index (χ1n) is 9.32. The highest BCUT2D eigenvalue weighted by molar-refractivity contribution is 7.99. The van der Waals surface area contributed by atoms with E-state index in [0.29, 0.717) is 0 Å². The molecule has 1 heterocycles. The highest BCUT2D eigenvalue weighted by atomic mass is 32.2. The largest absolute Gasteiger partial charge is 0.443 e. The summed E-state index contributed by atoms with van der Waals surface area (Å²) >= 11 is 1.71. The van der Waals surface area contributed by atoms with Gasteiger partial charge in [0, 0.05) is 9.79 Å². The topological polar surface area (TPSA) is 29.5 Å². The molecule has 3 nitrogen and oxygen atoms in total. The number of hydrogen-bond donors (Lipinski definition) is 0. The maximum absolute atomic E-state index is 13.0. The maximum atomic E-state index is 13.0. The van der Waals surface area contributed by atoms with Crippen LogP contribution >= 0.6 is 11.8 Å². The molecular weight excluding hydrogens is 342 g/mol. The number of hydrogen-bond acceptors (Lipinski definition) is 3. The summed E-state index contributed by atoms with van der Waals surface area (Å²) in [6.07, 6.45) is 4.32. The minimum absolute atomic E-state index is 0.322. The van der Waals surface area contributed by atoms with Crippen LogP contribution in [0.1, 0.15) is 52.5 Å². The minimum Gasteiger partial charge on any atom is -0.443 e. The summed E-state index contributed by atoms with van der Waals surface area (Å²) in [5.74, 6) is 0. The predicted octanol–water partition coefficient (Wildman–Crippen LogP) is 6.96. The van der Waals surface area contributed by atoms with Crippen molar-refractivity contribution in [3.8, 4) is 0 Å². The molecule has 0 unspecified atom stereocenters. The average Bonchev–Trinajstić information content (AvgIpc) is 2.58. The van der Waals surface area contributed by atoms with Gasteiger partial charge in [0.05, 0.1) is 11.4 Å². The Bertz CT molecular complexity index is 795. The molecule has 0 bridgehead atoms. The summed E-state index contributed by atoms with van der Waals surface area (Å²) < 4.78 is 5.71. The van der Waals surface area contributed by atoms with Crippen molar-refractivity contribution in [1.29, 1.82) is 0 Å². The van der Waals surface area contributed by atoms with Crippen LogP contribution in [-0.4, -0.2) is 11.7 Å². The van der Waals surface area contributed by atoms with Gasteiger partial charge in [-0.2, -0.15) is 0 Å². The number of nitrogens with zero attached hydrogens (tertiary/aromatic N) is 1.